The van der Waals surface area contributed by atoms with Crippen molar-refractivity contribution >= 4 is 29.7 Å². The number of aliphatic hydroxyl groups is 1. The van der Waals surface area contributed by atoms with Crippen molar-refractivity contribution in [1.29, 1.82) is 0 Å². The quantitative estimate of drug-likeness (QED) is 0.0928. The van der Waals surface area contributed by atoms with E-state index in [2.05, 4.69) is 15.6 Å². The minimum Gasteiger partial charge on any atom is -0.481 e. The Labute approximate surface area is 148 Å². The van der Waals surface area contributed by atoms with Crippen LogP contribution in [0.1, 0.15) is 19.3 Å². The van der Waals surface area contributed by atoms with Gasteiger partial charge in [-0.3, -0.25) is 19.4 Å². The molecule has 11 N–H and O–H groups in total. The van der Waals surface area contributed by atoms with Crippen LogP contribution in [0, 0.1) is 0 Å². The molecule has 0 aromatic carbocycles. The van der Waals surface area contributed by atoms with Crippen LogP contribution in [0.3, 0.4) is 0 Å². The Balaban J connectivity index is 4.93. The zero-order valence-corrected chi connectivity index (χ0v) is 13.9. The molecule has 13 heteroatoms. The third kappa shape index (κ3) is 9.39. The molecule has 0 aromatic rings. The van der Waals surface area contributed by atoms with Gasteiger partial charge in [0.1, 0.15) is 18.1 Å². The Hall–Kier alpha value is -2.93. The van der Waals surface area contributed by atoms with Gasteiger partial charge >= 0.3 is 11.9 Å². The number of hydrogen-bond donors (Lipinski definition) is 8. The van der Waals surface area contributed by atoms with Crippen molar-refractivity contribution in [2.75, 3.05) is 13.2 Å². The van der Waals surface area contributed by atoms with E-state index >= 15 is 0 Å². The summed E-state index contributed by atoms with van der Waals surface area (Å²) >= 11 is 0. The Kier molecular flexibility index (Phi) is 10.3. The summed E-state index contributed by atoms with van der Waals surface area (Å²) in [7, 11) is 0. The van der Waals surface area contributed by atoms with Crippen molar-refractivity contribution in [2.45, 2.75) is 37.4 Å². The molecule has 0 radical (unpaired) electrons. The first kappa shape index (κ1) is 23.1. The molecule has 0 heterocycles. The summed E-state index contributed by atoms with van der Waals surface area (Å²) in [5, 5.41) is 31.0. The molecule has 0 aliphatic rings. The highest BCUT2D eigenvalue weighted by Gasteiger charge is 2.29. The maximum atomic E-state index is 12.2. The molecular formula is C13H24N6O7. The smallest absolute Gasteiger partial charge is 0.326 e. The number of guanidine groups is 1. The monoisotopic (exact) mass is 376 g/mol. The second-order valence-electron chi connectivity index (χ2n) is 5.30. The van der Waals surface area contributed by atoms with E-state index in [1.165, 1.54) is 0 Å². The fraction of sp³-hybridized carbons (Fsp3) is 0.615. The molecule has 13 nitrogen and oxygen atoms in total. The van der Waals surface area contributed by atoms with E-state index < -0.39 is 54.9 Å². The van der Waals surface area contributed by atoms with Crippen LogP contribution >= 0.6 is 0 Å². The molecule has 0 rings (SSSR count). The Morgan fingerprint density at radius 3 is 2.04 bits per heavy atom. The largest absolute Gasteiger partial charge is 0.481 e. The van der Waals surface area contributed by atoms with Crippen LogP contribution in [0.4, 0.5) is 0 Å². The molecule has 0 aliphatic carbocycles. The zero-order valence-electron chi connectivity index (χ0n) is 13.9. The number of carboxylic acids is 2. The van der Waals surface area contributed by atoms with E-state index in [-0.39, 0.29) is 25.3 Å². The van der Waals surface area contributed by atoms with Crippen LogP contribution in [-0.2, 0) is 19.2 Å². The van der Waals surface area contributed by atoms with Crippen LogP contribution in [0.5, 0.6) is 0 Å². The van der Waals surface area contributed by atoms with Crippen LogP contribution in [0.25, 0.3) is 0 Å². The summed E-state index contributed by atoms with van der Waals surface area (Å²) in [6.07, 6.45) is -0.585. The lowest BCUT2D eigenvalue weighted by molar-refractivity contribution is -0.143. The van der Waals surface area contributed by atoms with Crippen LogP contribution in [-0.4, -0.2) is 76.3 Å². The number of aliphatic imine (C=N–C) groups is 1. The lowest BCUT2D eigenvalue weighted by Crippen LogP contribution is -2.55. The van der Waals surface area contributed by atoms with Crippen LogP contribution in [0.15, 0.2) is 4.99 Å². The molecule has 0 fully saturated rings. The minimum absolute atomic E-state index is 0.0260. The van der Waals surface area contributed by atoms with E-state index in [0.717, 1.165) is 0 Å². The Morgan fingerprint density at radius 1 is 1.00 bits per heavy atom. The first-order chi connectivity index (χ1) is 12.1. The molecule has 0 unspecified atom stereocenters. The SMILES string of the molecule is NC(N)=NCCC[C@H](NC(=O)[C@H](CC(=O)O)NC(=O)[C@@H](N)CO)C(=O)O. The molecule has 0 saturated carbocycles. The summed E-state index contributed by atoms with van der Waals surface area (Å²) in [5.74, 6) is -4.88. The first-order valence-electron chi connectivity index (χ1n) is 7.55. The van der Waals surface area contributed by atoms with E-state index in [0.29, 0.717) is 0 Å². The number of rotatable bonds is 12. The predicted molar refractivity (Wildman–Crippen MR) is 88.7 cm³/mol. The van der Waals surface area contributed by atoms with Crippen molar-refractivity contribution in [3.05, 3.63) is 0 Å². The van der Waals surface area contributed by atoms with Gasteiger partial charge in [-0.2, -0.15) is 0 Å². The number of nitrogens with zero attached hydrogens (tertiary/aromatic N) is 1. The average Bonchev–Trinajstić information content (AvgIpc) is 2.54. The summed E-state index contributed by atoms with van der Waals surface area (Å²) in [6.45, 7) is -0.571. The molecule has 0 aliphatic heterocycles. The highest BCUT2D eigenvalue weighted by Crippen LogP contribution is 2.02. The van der Waals surface area contributed by atoms with E-state index in [1.54, 1.807) is 0 Å². The minimum atomic E-state index is -1.56. The highest BCUT2D eigenvalue weighted by atomic mass is 16.4. The van der Waals surface area contributed by atoms with E-state index in [9.17, 15) is 19.2 Å². The van der Waals surface area contributed by atoms with Gasteiger partial charge in [0.25, 0.3) is 0 Å². The van der Waals surface area contributed by atoms with Crippen molar-refractivity contribution in [3.63, 3.8) is 0 Å². The molecule has 148 valence electrons. The van der Waals surface area contributed by atoms with Gasteiger partial charge in [-0.15, -0.1) is 0 Å². The number of aliphatic carboxylic acids is 2. The molecule has 0 saturated heterocycles. The predicted octanol–water partition coefficient (Wildman–Crippen LogP) is -4.11. The van der Waals surface area contributed by atoms with Crippen LogP contribution < -0.4 is 27.8 Å². The van der Waals surface area contributed by atoms with Crippen molar-refractivity contribution in [2.24, 2.45) is 22.2 Å². The maximum Gasteiger partial charge on any atom is 0.326 e. The van der Waals surface area contributed by atoms with Crippen LogP contribution in [0.2, 0.25) is 0 Å². The Bertz CT molecular complexity index is 549. The number of nitrogens with one attached hydrogen (secondary N) is 2. The number of carbonyl (C=O) groups excluding carboxylic acids is 2. The average molecular weight is 376 g/mol. The summed E-state index contributed by atoms with van der Waals surface area (Å²) in [6, 6.07) is -4.25. The fourth-order valence-corrected chi connectivity index (χ4v) is 1.78. The van der Waals surface area contributed by atoms with Crippen molar-refractivity contribution in [3.8, 4) is 0 Å². The summed E-state index contributed by atoms with van der Waals surface area (Å²) in [4.78, 5) is 49.6. The van der Waals surface area contributed by atoms with E-state index in [4.69, 9.17) is 32.5 Å². The molecule has 3 atom stereocenters. The number of nitrogens with two attached hydrogens (primary N) is 3. The lowest BCUT2D eigenvalue weighted by Gasteiger charge is -2.21. The highest BCUT2D eigenvalue weighted by molar-refractivity contribution is 5.93. The number of carboxylic acid groups (broad SMARTS) is 2. The summed E-state index contributed by atoms with van der Waals surface area (Å²) in [5.41, 5.74) is 15.6. The van der Waals surface area contributed by atoms with Gasteiger partial charge in [-0.05, 0) is 12.8 Å². The second-order valence-corrected chi connectivity index (χ2v) is 5.30. The van der Waals surface area contributed by atoms with Gasteiger partial charge in [0.15, 0.2) is 5.96 Å². The van der Waals surface area contributed by atoms with E-state index in [1.807, 2.05) is 0 Å². The molecule has 0 spiro atoms. The molecular weight excluding hydrogens is 352 g/mol. The van der Waals surface area contributed by atoms with Crippen molar-refractivity contribution in [1.82, 2.24) is 10.6 Å². The van der Waals surface area contributed by atoms with Gasteiger partial charge in [0, 0.05) is 6.54 Å². The third-order valence-electron chi connectivity index (χ3n) is 3.11. The van der Waals surface area contributed by atoms with Gasteiger partial charge in [-0.25, -0.2) is 4.79 Å². The number of aliphatic hydroxyl groups excluding tert-OH is 1. The number of amides is 2. The standard InChI is InChI=1S/C13H24N6O7/c14-6(5-20)10(23)19-8(4-9(21)22)11(24)18-7(12(25)26)2-1-3-17-13(15)16/h6-8,20H,1-5,14H2,(H,18,24)(H,19,23)(H,21,22)(H,25,26)(H4,15,16,17)/t6-,7-,8-/m0/s1. The Morgan fingerprint density at radius 2 is 1.58 bits per heavy atom. The maximum absolute atomic E-state index is 12.2. The number of hydrogen-bond acceptors (Lipinski definition) is 7. The zero-order chi connectivity index (χ0) is 20.3. The summed E-state index contributed by atoms with van der Waals surface area (Å²) < 4.78 is 0. The second kappa shape index (κ2) is 11.6. The molecule has 26 heavy (non-hydrogen) atoms. The molecule has 0 bridgehead atoms. The van der Waals surface area contributed by atoms with Gasteiger partial charge in [-0.1, -0.05) is 0 Å². The topological polar surface area (TPSA) is 243 Å². The lowest BCUT2D eigenvalue weighted by atomic mass is 10.1. The van der Waals surface area contributed by atoms with Crippen molar-refractivity contribution < 1.29 is 34.5 Å². The van der Waals surface area contributed by atoms with Gasteiger partial charge in [0.2, 0.25) is 11.8 Å². The normalized spacial score (nSPS) is 13.8. The first-order valence-corrected chi connectivity index (χ1v) is 7.55. The molecule has 0 aromatic heterocycles. The number of carbonyl (C=O) groups is 4. The van der Waals surface area contributed by atoms with Gasteiger partial charge in [0.05, 0.1) is 13.0 Å². The molecule has 2 amide bonds. The fourth-order valence-electron chi connectivity index (χ4n) is 1.78. The third-order valence-corrected chi connectivity index (χ3v) is 3.11. The van der Waals surface area contributed by atoms with Gasteiger partial charge < -0.3 is 43.2 Å².